The van der Waals surface area contributed by atoms with Crippen molar-refractivity contribution in [3.63, 3.8) is 0 Å². The van der Waals surface area contributed by atoms with Crippen LogP contribution in [0.25, 0.3) is 0 Å². The molecule has 6 nitrogen and oxygen atoms in total. The third-order valence-corrected chi connectivity index (χ3v) is 3.10. The largest absolute Gasteiger partial charge is 0.372 e. The van der Waals surface area contributed by atoms with Crippen LogP contribution in [0.5, 0.6) is 0 Å². The molecule has 2 atom stereocenters. The average Bonchev–Trinajstić information content (AvgIpc) is 2.37. The molecule has 1 aromatic rings. The standard InChI is InChI=1S/C13H15FN2O4/c1-8-6-15(7-9(2)20-8)13(17)11-5-10(16(18)19)3-4-12(11)14/h3-5,8-9H,6-7H2,1-2H3/t8-,9+. The Kier molecular flexibility index (Phi) is 3.99. The minimum absolute atomic E-state index is 0.149. The van der Waals surface area contributed by atoms with Gasteiger partial charge in [0.05, 0.1) is 22.7 Å². The van der Waals surface area contributed by atoms with Crippen LogP contribution in [-0.4, -0.2) is 41.0 Å². The Morgan fingerprint density at radius 1 is 1.40 bits per heavy atom. The van der Waals surface area contributed by atoms with Gasteiger partial charge in [-0.1, -0.05) is 0 Å². The van der Waals surface area contributed by atoms with Crippen LogP contribution in [0.3, 0.4) is 0 Å². The Labute approximate surface area is 115 Å². The van der Waals surface area contributed by atoms with Gasteiger partial charge in [-0.3, -0.25) is 14.9 Å². The third-order valence-electron chi connectivity index (χ3n) is 3.10. The number of nitro groups is 1. The number of hydrogen-bond donors (Lipinski definition) is 0. The number of carbonyl (C=O) groups is 1. The highest BCUT2D eigenvalue weighted by Crippen LogP contribution is 2.20. The van der Waals surface area contributed by atoms with Crippen molar-refractivity contribution in [1.29, 1.82) is 0 Å². The second kappa shape index (κ2) is 5.54. The lowest BCUT2D eigenvalue weighted by Crippen LogP contribution is -2.48. The number of carbonyl (C=O) groups excluding carboxylic acids is 1. The number of morpholine rings is 1. The maximum Gasteiger partial charge on any atom is 0.270 e. The molecule has 0 radical (unpaired) electrons. The summed E-state index contributed by atoms with van der Waals surface area (Å²) in [4.78, 5) is 23.8. The van der Waals surface area contributed by atoms with Gasteiger partial charge in [-0.15, -0.1) is 0 Å². The number of nitro benzene ring substituents is 1. The molecule has 20 heavy (non-hydrogen) atoms. The van der Waals surface area contributed by atoms with Crippen molar-refractivity contribution in [3.05, 3.63) is 39.7 Å². The van der Waals surface area contributed by atoms with Gasteiger partial charge in [0.1, 0.15) is 5.82 Å². The van der Waals surface area contributed by atoms with Crippen LogP contribution in [0.15, 0.2) is 18.2 Å². The van der Waals surface area contributed by atoms with Crippen LogP contribution in [0, 0.1) is 15.9 Å². The van der Waals surface area contributed by atoms with Crippen molar-refractivity contribution < 1.29 is 18.8 Å². The molecule has 0 N–H and O–H groups in total. The number of non-ortho nitro benzene ring substituents is 1. The number of hydrogen-bond acceptors (Lipinski definition) is 4. The summed E-state index contributed by atoms with van der Waals surface area (Å²) in [7, 11) is 0. The second-order valence-corrected chi connectivity index (χ2v) is 4.89. The van der Waals surface area contributed by atoms with E-state index in [0.29, 0.717) is 13.1 Å². The molecular weight excluding hydrogens is 267 g/mol. The van der Waals surface area contributed by atoms with Crippen LogP contribution in [-0.2, 0) is 4.74 Å². The molecule has 7 heteroatoms. The van der Waals surface area contributed by atoms with Gasteiger partial charge in [-0.05, 0) is 19.9 Å². The van der Waals surface area contributed by atoms with Gasteiger partial charge in [-0.25, -0.2) is 4.39 Å². The maximum absolute atomic E-state index is 13.7. The van der Waals surface area contributed by atoms with Gasteiger partial charge < -0.3 is 9.64 Å². The lowest BCUT2D eigenvalue weighted by molar-refractivity contribution is -0.384. The number of nitrogens with zero attached hydrogens (tertiary/aromatic N) is 2. The predicted octanol–water partition coefficient (Wildman–Crippen LogP) is 1.98. The average molecular weight is 282 g/mol. The lowest BCUT2D eigenvalue weighted by atomic mass is 10.1. The number of amides is 1. The van der Waals surface area contributed by atoms with Gasteiger partial charge in [0.25, 0.3) is 11.6 Å². The summed E-state index contributed by atoms with van der Waals surface area (Å²) >= 11 is 0. The molecule has 1 fully saturated rings. The maximum atomic E-state index is 13.7. The molecule has 1 aromatic carbocycles. The summed E-state index contributed by atoms with van der Waals surface area (Å²) in [5, 5.41) is 10.7. The molecule has 108 valence electrons. The highest BCUT2D eigenvalue weighted by molar-refractivity contribution is 5.95. The summed E-state index contributed by atoms with van der Waals surface area (Å²) in [6.07, 6.45) is -0.297. The van der Waals surface area contributed by atoms with Crippen molar-refractivity contribution in [2.75, 3.05) is 13.1 Å². The van der Waals surface area contributed by atoms with E-state index in [1.807, 2.05) is 13.8 Å². The summed E-state index contributed by atoms with van der Waals surface area (Å²) in [6, 6.07) is 2.96. The quantitative estimate of drug-likeness (QED) is 0.614. The molecule has 0 spiro atoms. The molecule has 0 saturated carbocycles. The molecule has 0 bridgehead atoms. The third kappa shape index (κ3) is 2.93. The van der Waals surface area contributed by atoms with Gasteiger partial charge in [0, 0.05) is 25.2 Å². The summed E-state index contributed by atoms with van der Waals surface area (Å²) in [6.45, 7) is 4.32. The zero-order valence-corrected chi connectivity index (χ0v) is 11.2. The highest BCUT2D eigenvalue weighted by Gasteiger charge is 2.28. The summed E-state index contributed by atoms with van der Waals surface area (Å²) < 4.78 is 19.2. The SMILES string of the molecule is C[C@@H]1CN(C(=O)c2cc([N+](=O)[O-])ccc2F)C[C@H](C)O1. The van der Waals surface area contributed by atoms with E-state index < -0.39 is 16.6 Å². The molecule has 0 aromatic heterocycles. The first kappa shape index (κ1) is 14.4. The van der Waals surface area contributed by atoms with Crippen LogP contribution >= 0.6 is 0 Å². The molecular formula is C13H15FN2O4. The molecule has 1 saturated heterocycles. The van der Waals surface area contributed by atoms with E-state index in [0.717, 1.165) is 18.2 Å². The van der Waals surface area contributed by atoms with Gasteiger partial charge >= 0.3 is 0 Å². The van der Waals surface area contributed by atoms with E-state index >= 15 is 0 Å². The number of rotatable bonds is 2. The van der Waals surface area contributed by atoms with Crippen molar-refractivity contribution in [1.82, 2.24) is 4.90 Å². The smallest absolute Gasteiger partial charge is 0.270 e. The van der Waals surface area contributed by atoms with E-state index in [2.05, 4.69) is 0 Å². The molecule has 0 aliphatic carbocycles. The minimum atomic E-state index is -0.757. The minimum Gasteiger partial charge on any atom is -0.372 e. The Morgan fingerprint density at radius 2 is 2.00 bits per heavy atom. The van der Waals surface area contributed by atoms with Crippen LogP contribution in [0.2, 0.25) is 0 Å². The van der Waals surface area contributed by atoms with E-state index in [1.165, 1.54) is 4.90 Å². The first-order valence-corrected chi connectivity index (χ1v) is 6.27. The number of halogens is 1. The fourth-order valence-corrected chi connectivity index (χ4v) is 2.30. The van der Waals surface area contributed by atoms with Crippen LogP contribution < -0.4 is 0 Å². The fraction of sp³-hybridized carbons (Fsp3) is 0.462. The molecule has 1 aliphatic rings. The monoisotopic (exact) mass is 282 g/mol. The predicted molar refractivity (Wildman–Crippen MR) is 69.0 cm³/mol. The highest BCUT2D eigenvalue weighted by atomic mass is 19.1. The summed E-state index contributed by atoms with van der Waals surface area (Å²) in [5.41, 5.74) is -0.579. The molecule has 0 unspecified atom stereocenters. The number of benzene rings is 1. The topological polar surface area (TPSA) is 72.7 Å². The molecule has 2 rings (SSSR count). The molecule has 1 aliphatic heterocycles. The van der Waals surface area contributed by atoms with E-state index in [9.17, 15) is 19.3 Å². The van der Waals surface area contributed by atoms with Gasteiger partial charge in [0.15, 0.2) is 0 Å². The van der Waals surface area contributed by atoms with E-state index in [1.54, 1.807) is 0 Å². The fourth-order valence-electron chi connectivity index (χ4n) is 2.30. The summed E-state index contributed by atoms with van der Waals surface area (Å²) in [5.74, 6) is -1.31. The first-order chi connectivity index (χ1) is 9.38. The Hall–Kier alpha value is -2.02. The van der Waals surface area contributed by atoms with Crippen molar-refractivity contribution in [2.45, 2.75) is 26.1 Å². The van der Waals surface area contributed by atoms with E-state index in [4.69, 9.17) is 4.74 Å². The first-order valence-electron chi connectivity index (χ1n) is 6.27. The van der Waals surface area contributed by atoms with Crippen molar-refractivity contribution in [3.8, 4) is 0 Å². The van der Waals surface area contributed by atoms with E-state index in [-0.39, 0.29) is 23.5 Å². The van der Waals surface area contributed by atoms with Crippen LogP contribution in [0.1, 0.15) is 24.2 Å². The van der Waals surface area contributed by atoms with Gasteiger partial charge in [-0.2, -0.15) is 0 Å². The Bertz CT molecular complexity index is 539. The molecule has 1 amide bonds. The lowest BCUT2D eigenvalue weighted by Gasteiger charge is -2.35. The zero-order valence-electron chi connectivity index (χ0n) is 11.2. The van der Waals surface area contributed by atoms with Crippen LogP contribution in [0.4, 0.5) is 10.1 Å². The van der Waals surface area contributed by atoms with Crippen molar-refractivity contribution >= 4 is 11.6 Å². The van der Waals surface area contributed by atoms with Gasteiger partial charge in [0.2, 0.25) is 0 Å². The number of ether oxygens (including phenoxy) is 1. The zero-order chi connectivity index (χ0) is 14.9. The second-order valence-electron chi connectivity index (χ2n) is 4.89. The Balaban J connectivity index is 2.28. The molecule has 1 heterocycles. The Morgan fingerprint density at radius 3 is 2.55 bits per heavy atom. The normalized spacial score (nSPS) is 22.6. The van der Waals surface area contributed by atoms with Crippen molar-refractivity contribution in [2.24, 2.45) is 0 Å².